The van der Waals surface area contributed by atoms with E-state index in [0.717, 1.165) is 18.4 Å². The predicted molar refractivity (Wildman–Crippen MR) is 73.1 cm³/mol. The lowest BCUT2D eigenvalue weighted by Gasteiger charge is -2.26. The molecule has 1 aromatic rings. The topological polar surface area (TPSA) is 46.6 Å². The van der Waals surface area contributed by atoms with Gasteiger partial charge in [-0.3, -0.25) is 4.79 Å². The van der Waals surface area contributed by atoms with E-state index in [1.165, 1.54) is 4.90 Å². The molecule has 102 valence electrons. The van der Waals surface area contributed by atoms with E-state index in [-0.39, 0.29) is 5.91 Å². The molecule has 2 amide bonds. The molecular formula is C15H19NO3. The average molecular weight is 261 g/mol. The zero-order valence-electron chi connectivity index (χ0n) is 11.6. The van der Waals surface area contributed by atoms with Crippen LogP contribution in [0.5, 0.6) is 0 Å². The molecular weight excluding hydrogens is 242 g/mol. The first-order valence-electron chi connectivity index (χ1n) is 6.52. The molecule has 0 aliphatic carbocycles. The Labute approximate surface area is 113 Å². The Balaban J connectivity index is 2.36. The first-order chi connectivity index (χ1) is 8.88. The number of benzene rings is 1. The molecule has 19 heavy (non-hydrogen) atoms. The van der Waals surface area contributed by atoms with Gasteiger partial charge in [-0.05, 0) is 45.2 Å². The van der Waals surface area contributed by atoms with Crippen molar-refractivity contribution in [2.24, 2.45) is 0 Å². The summed E-state index contributed by atoms with van der Waals surface area (Å²) in [6.45, 7) is 5.37. The number of rotatable bonds is 0. The van der Waals surface area contributed by atoms with Gasteiger partial charge in [-0.2, -0.15) is 0 Å². The van der Waals surface area contributed by atoms with Gasteiger partial charge in [-0.1, -0.05) is 18.2 Å². The van der Waals surface area contributed by atoms with Crippen LogP contribution in [-0.4, -0.2) is 17.6 Å². The summed E-state index contributed by atoms with van der Waals surface area (Å²) in [6, 6.07) is 7.49. The molecule has 2 rings (SSSR count). The van der Waals surface area contributed by atoms with Gasteiger partial charge in [0.05, 0.1) is 5.69 Å². The summed E-state index contributed by atoms with van der Waals surface area (Å²) >= 11 is 0. The monoisotopic (exact) mass is 261 g/mol. The van der Waals surface area contributed by atoms with Crippen LogP contribution in [0.25, 0.3) is 0 Å². The fourth-order valence-corrected chi connectivity index (χ4v) is 2.12. The zero-order valence-corrected chi connectivity index (χ0v) is 11.6. The molecule has 1 aliphatic heterocycles. The number of imide groups is 1. The number of nitrogens with zero attached hydrogens (tertiary/aromatic N) is 1. The van der Waals surface area contributed by atoms with Gasteiger partial charge in [0, 0.05) is 6.42 Å². The molecule has 0 aromatic heterocycles. The zero-order chi connectivity index (χ0) is 14.0. The number of para-hydroxylation sites is 1. The summed E-state index contributed by atoms with van der Waals surface area (Å²) in [5, 5.41) is 0. The van der Waals surface area contributed by atoms with Crippen LogP contribution in [0.1, 0.15) is 39.2 Å². The molecule has 4 nitrogen and oxygen atoms in total. The summed E-state index contributed by atoms with van der Waals surface area (Å²) in [6.07, 6.45) is 1.34. The van der Waals surface area contributed by atoms with E-state index < -0.39 is 11.7 Å². The summed E-state index contributed by atoms with van der Waals surface area (Å²) in [7, 11) is 0. The largest absolute Gasteiger partial charge is 0.443 e. The van der Waals surface area contributed by atoms with Crippen molar-refractivity contribution in [3.8, 4) is 0 Å². The summed E-state index contributed by atoms with van der Waals surface area (Å²) < 4.78 is 5.33. The predicted octanol–water partition coefficient (Wildman–Crippen LogP) is 3.29. The van der Waals surface area contributed by atoms with E-state index in [1.54, 1.807) is 26.8 Å². The maximum Gasteiger partial charge on any atom is 0.421 e. The number of amides is 2. The molecule has 4 heteroatoms. The van der Waals surface area contributed by atoms with Crippen molar-refractivity contribution >= 4 is 17.7 Å². The molecule has 0 N–H and O–H groups in total. The van der Waals surface area contributed by atoms with E-state index >= 15 is 0 Å². The van der Waals surface area contributed by atoms with Crippen molar-refractivity contribution in [1.29, 1.82) is 0 Å². The van der Waals surface area contributed by atoms with Crippen molar-refractivity contribution in [3.05, 3.63) is 29.8 Å². The van der Waals surface area contributed by atoms with Crippen molar-refractivity contribution in [2.75, 3.05) is 4.90 Å². The molecule has 0 radical (unpaired) electrons. The first kappa shape index (κ1) is 13.6. The Morgan fingerprint density at radius 3 is 2.58 bits per heavy atom. The quantitative estimate of drug-likeness (QED) is 0.720. The van der Waals surface area contributed by atoms with Gasteiger partial charge < -0.3 is 4.74 Å². The van der Waals surface area contributed by atoms with Crippen LogP contribution in [0, 0.1) is 0 Å². The summed E-state index contributed by atoms with van der Waals surface area (Å²) in [4.78, 5) is 25.5. The van der Waals surface area contributed by atoms with Crippen LogP contribution >= 0.6 is 0 Å². The highest BCUT2D eigenvalue weighted by Crippen LogP contribution is 2.28. The minimum absolute atomic E-state index is 0.195. The average Bonchev–Trinajstić information content (AvgIpc) is 2.44. The fraction of sp³-hybridized carbons (Fsp3) is 0.467. The molecule has 0 unspecified atom stereocenters. The minimum Gasteiger partial charge on any atom is -0.443 e. The highest BCUT2D eigenvalue weighted by molar-refractivity contribution is 6.13. The molecule has 0 spiro atoms. The molecule has 0 bridgehead atoms. The number of hydrogen-bond donors (Lipinski definition) is 0. The lowest BCUT2D eigenvalue weighted by Crippen LogP contribution is -2.40. The smallest absolute Gasteiger partial charge is 0.421 e. The number of carbonyl (C=O) groups excluding carboxylic acids is 2. The number of ether oxygens (including phenoxy) is 1. The van der Waals surface area contributed by atoms with E-state index in [1.807, 2.05) is 18.2 Å². The SMILES string of the molecule is CC(C)(C)OC(=O)N1C(=O)CCCc2ccccc21. The highest BCUT2D eigenvalue weighted by atomic mass is 16.6. The van der Waals surface area contributed by atoms with Gasteiger partial charge in [-0.25, -0.2) is 9.69 Å². The second-order valence-electron chi connectivity index (χ2n) is 5.69. The fourth-order valence-electron chi connectivity index (χ4n) is 2.12. The van der Waals surface area contributed by atoms with Crippen molar-refractivity contribution < 1.29 is 14.3 Å². The van der Waals surface area contributed by atoms with Crippen LogP contribution < -0.4 is 4.90 Å². The Hall–Kier alpha value is -1.84. The summed E-state index contributed by atoms with van der Waals surface area (Å²) in [5.41, 5.74) is 1.05. The van der Waals surface area contributed by atoms with Crippen molar-refractivity contribution in [3.63, 3.8) is 0 Å². The number of aryl methyl sites for hydroxylation is 1. The van der Waals surface area contributed by atoms with E-state index in [2.05, 4.69) is 0 Å². The van der Waals surface area contributed by atoms with Crippen LogP contribution in [0.15, 0.2) is 24.3 Å². The van der Waals surface area contributed by atoms with Crippen LogP contribution in [0.2, 0.25) is 0 Å². The third-order valence-electron chi connectivity index (χ3n) is 2.89. The van der Waals surface area contributed by atoms with Crippen molar-refractivity contribution in [2.45, 2.75) is 45.6 Å². The molecule has 1 heterocycles. The molecule has 1 aromatic carbocycles. The number of hydrogen-bond acceptors (Lipinski definition) is 3. The first-order valence-corrected chi connectivity index (χ1v) is 6.52. The molecule has 0 fully saturated rings. The molecule has 0 atom stereocenters. The Morgan fingerprint density at radius 1 is 1.21 bits per heavy atom. The van der Waals surface area contributed by atoms with Crippen LogP contribution in [-0.2, 0) is 16.0 Å². The lowest BCUT2D eigenvalue weighted by atomic mass is 10.1. The minimum atomic E-state index is -0.612. The maximum absolute atomic E-state index is 12.2. The molecule has 0 saturated carbocycles. The second-order valence-corrected chi connectivity index (χ2v) is 5.69. The molecule has 1 aliphatic rings. The lowest BCUT2D eigenvalue weighted by molar-refractivity contribution is -0.118. The van der Waals surface area contributed by atoms with Gasteiger partial charge in [0.2, 0.25) is 5.91 Å². The van der Waals surface area contributed by atoms with Gasteiger partial charge >= 0.3 is 6.09 Å². The number of carbonyl (C=O) groups is 2. The standard InChI is InChI=1S/C15H19NO3/c1-15(2,3)19-14(18)16-12-9-5-4-7-11(12)8-6-10-13(16)17/h4-5,7,9H,6,8,10H2,1-3H3. The van der Waals surface area contributed by atoms with Crippen LogP contribution in [0.3, 0.4) is 0 Å². The molecule has 0 saturated heterocycles. The Morgan fingerprint density at radius 2 is 1.89 bits per heavy atom. The number of anilines is 1. The van der Waals surface area contributed by atoms with Crippen LogP contribution in [0.4, 0.5) is 10.5 Å². The Bertz CT molecular complexity index is 502. The van der Waals surface area contributed by atoms with Gasteiger partial charge in [0.15, 0.2) is 0 Å². The third-order valence-corrected chi connectivity index (χ3v) is 2.89. The normalized spacial score (nSPS) is 15.7. The van der Waals surface area contributed by atoms with Crippen molar-refractivity contribution in [1.82, 2.24) is 0 Å². The third kappa shape index (κ3) is 3.13. The van der Waals surface area contributed by atoms with Gasteiger partial charge in [0.25, 0.3) is 0 Å². The summed E-state index contributed by atoms with van der Waals surface area (Å²) in [5.74, 6) is -0.195. The van der Waals surface area contributed by atoms with Gasteiger partial charge in [0.1, 0.15) is 5.60 Å². The second kappa shape index (κ2) is 5.03. The number of fused-ring (bicyclic) bond motifs is 1. The maximum atomic E-state index is 12.2. The highest BCUT2D eigenvalue weighted by Gasteiger charge is 2.31. The van der Waals surface area contributed by atoms with E-state index in [9.17, 15) is 9.59 Å². The van der Waals surface area contributed by atoms with E-state index in [4.69, 9.17) is 4.74 Å². The van der Waals surface area contributed by atoms with Gasteiger partial charge in [-0.15, -0.1) is 0 Å². The Kier molecular flexibility index (Phi) is 3.60. The van der Waals surface area contributed by atoms with E-state index in [0.29, 0.717) is 12.1 Å².